The van der Waals surface area contributed by atoms with Gasteiger partial charge >= 0.3 is 0 Å². The van der Waals surface area contributed by atoms with Gasteiger partial charge in [-0.15, -0.1) is 0 Å². The lowest BCUT2D eigenvalue weighted by Crippen LogP contribution is -2.49. The van der Waals surface area contributed by atoms with Gasteiger partial charge < -0.3 is 10.2 Å². The van der Waals surface area contributed by atoms with E-state index in [4.69, 9.17) is 0 Å². The van der Waals surface area contributed by atoms with E-state index in [9.17, 15) is 14.0 Å². The van der Waals surface area contributed by atoms with Gasteiger partial charge in [0.2, 0.25) is 5.91 Å². The summed E-state index contributed by atoms with van der Waals surface area (Å²) in [7, 11) is 0. The molecule has 132 valence electrons. The molecular weight excluding hydrogens is 375 g/mol. The molecule has 1 aliphatic heterocycles. The van der Waals surface area contributed by atoms with Gasteiger partial charge in [0.05, 0.1) is 11.5 Å². The van der Waals surface area contributed by atoms with Crippen LogP contribution in [0.4, 0.5) is 4.39 Å². The highest BCUT2D eigenvalue weighted by molar-refractivity contribution is 9.10. The molecule has 2 atom stereocenters. The highest BCUT2D eigenvalue weighted by Gasteiger charge is 2.33. The van der Waals surface area contributed by atoms with Crippen LogP contribution in [-0.2, 0) is 4.79 Å². The topological polar surface area (TPSA) is 49.4 Å². The zero-order valence-corrected chi connectivity index (χ0v) is 15.7. The van der Waals surface area contributed by atoms with Crippen molar-refractivity contribution in [1.29, 1.82) is 0 Å². The molecule has 6 heteroatoms. The Labute approximate surface area is 150 Å². The summed E-state index contributed by atoms with van der Waals surface area (Å²) >= 11 is 3.25. The predicted molar refractivity (Wildman–Crippen MR) is 95.2 cm³/mol. The Bertz CT molecular complexity index is 609. The number of hydrogen-bond donors (Lipinski definition) is 1. The van der Waals surface area contributed by atoms with Crippen LogP contribution < -0.4 is 5.32 Å². The van der Waals surface area contributed by atoms with Gasteiger partial charge in [-0.1, -0.05) is 13.3 Å². The number of rotatable bonds is 5. The first-order valence-electron chi connectivity index (χ1n) is 8.47. The molecule has 0 aliphatic carbocycles. The van der Waals surface area contributed by atoms with E-state index >= 15 is 0 Å². The highest BCUT2D eigenvalue weighted by atomic mass is 79.9. The standard InChI is InChI=1S/C18H24BrFN2O2/c1-3-4-9-21-17(23)13-6-5-12(2)22(11-13)18(24)15-8-7-14(20)10-16(15)19/h7-8,10,12-13H,3-6,9,11H2,1-2H3,(H,21,23). The molecule has 0 bridgehead atoms. The van der Waals surface area contributed by atoms with E-state index in [1.165, 1.54) is 18.2 Å². The zero-order chi connectivity index (χ0) is 17.7. The number of amides is 2. The number of halogens is 2. The number of likely N-dealkylation sites (tertiary alicyclic amines) is 1. The first kappa shape index (κ1) is 18.9. The van der Waals surface area contributed by atoms with E-state index in [-0.39, 0.29) is 23.8 Å². The van der Waals surface area contributed by atoms with Crippen molar-refractivity contribution >= 4 is 27.7 Å². The molecule has 0 radical (unpaired) electrons. The maximum Gasteiger partial charge on any atom is 0.255 e. The lowest BCUT2D eigenvalue weighted by atomic mass is 9.92. The molecule has 0 aromatic heterocycles. The summed E-state index contributed by atoms with van der Waals surface area (Å²) in [6.45, 7) is 5.15. The average Bonchev–Trinajstić information content (AvgIpc) is 2.55. The number of piperidine rings is 1. The van der Waals surface area contributed by atoms with Crippen molar-refractivity contribution in [2.24, 2.45) is 5.92 Å². The average molecular weight is 399 g/mol. The maximum atomic E-state index is 13.2. The van der Waals surface area contributed by atoms with Gasteiger partial charge in [-0.2, -0.15) is 0 Å². The van der Waals surface area contributed by atoms with Gasteiger partial charge in [-0.05, 0) is 60.3 Å². The number of carbonyl (C=O) groups excluding carboxylic acids is 2. The number of nitrogens with one attached hydrogen (secondary N) is 1. The van der Waals surface area contributed by atoms with E-state index in [2.05, 4.69) is 28.2 Å². The van der Waals surface area contributed by atoms with E-state index in [1.54, 1.807) is 4.90 Å². The quantitative estimate of drug-likeness (QED) is 0.767. The van der Waals surface area contributed by atoms with Gasteiger partial charge in [-0.25, -0.2) is 4.39 Å². The molecule has 2 amide bonds. The lowest BCUT2D eigenvalue weighted by molar-refractivity contribution is -0.126. The molecule has 1 saturated heterocycles. The van der Waals surface area contributed by atoms with Gasteiger partial charge in [0.25, 0.3) is 5.91 Å². The molecule has 24 heavy (non-hydrogen) atoms. The number of nitrogens with zero attached hydrogens (tertiary/aromatic N) is 1. The Balaban J connectivity index is 2.07. The summed E-state index contributed by atoms with van der Waals surface area (Å²) in [6.07, 6.45) is 3.56. The maximum absolute atomic E-state index is 13.2. The summed E-state index contributed by atoms with van der Waals surface area (Å²) in [5.41, 5.74) is 0.426. The third kappa shape index (κ3) is 4.56. The van der Waals surface area contributed by atoms with Crippen LogP contribution in [0, 0.1) is 11.7 Å². The minimum absolute atomic E-state index is 0.0197. The molecule has 0 saturated carbocycles. The number of carbonyl (C=O) groups is 2. The fraction of sp³-hybridized carbons (Fsp3) is 0.556. The molecule has 1 aliphatic rings. The van der Waals surface area contributed by atoms with Crippen LogP contribution in [0.3, 0.4) is 0 Å². The van der Waals surface area contributed by atoms with Crippen LogP contribution in [0.1, 0.15) is 49.9 Å². The number of unbranched alkanes of at least 4 members (excludes halogenated alkanes) is 1. The minimum atomic E-state index is -0.390. The normalized spacial score (nSPS) is 20.8. The molecule has 2 unspecified atom stereocenters. The van der Waals surface area contributed by atoms with Gasteiger partial charge in [0.15, 0.2) is 0 Å². The van der Waals surface area contributed by atoms with E-state index in [0.29, 0.717) is 23.1 Å². The predicted octanol–water partition coefficient (Wildman–Crippen LogP) is 3.75. The summed E-state index contributed by atoms with van der Waals surface area (Å²) in [5.74, 6) is -0.716. The molecular formula is C18H24BrFN2O2. The van der Waals surface area contributed by atoms with Crippen LogP contribution >= 0.6 is 15.9 Å². The van der Waals surface area contributed by atoms with E-state index in [0.717, 1.165) is 25.7 Å². The molecule has 1 aromatic rings. The Morgan fingerprint density at radius 3 is 2.79 bits per heavy atom. The fourth-order valence-corrected chi connectivity index (χ4v) is 3.47. The Morgan fingerprint density at radius 1 is 1.38 bits per heavy atom. The minimum Gasteiger partial charge on any atom is -0.356 e. The smallest absolute Gasteiger partial charge is 0.255 e. The van der Waals surface area contributed by atoms with Crippen molar-refractivity contribution < 1.29 is 14.0 Å². The van der Waals surface area contributed by atoms with E-state index in [1.807, 2.05) is 6.92 Å². The monoisotopic (exact) mass is 398 g/mol. The number of hydrogen-bond acceptors (Lipinski definition) is 2. The van der Waals surface area contributed by atoms with Crippen molar-refractivity contribution in [1.82, 2.24) is 10.2 Å². The molecule has 2 rings (SSSR count). The number of benzene rings is 1. The second kappa shape index (κ2) is 8.60. The summed E-state index contributed by atoms with van der Waals surface area (Å²) in [4.78, 5) is 26.8. The van der Waals surface area contributed by atoms with Gasteiger partial charge in [0, 0.05) is 23.6 Å². The third-order valence-corrected chi connectivity index (χ3v) is 5.16. The molecule has 1 heterocycles. The van der Waals surface area contributed by atoms with Crippen molar-refractivity contribution in [2.45, 2.75) is 45.6 Å². The SMILES string of the molecule is CCCCNC(=O)C1CCC(C)N(C(=O)c2ccc(F)cc2Br)C1. The zero-order valence-electron chi connectivity index (χ0n) is 14.1. The van der Waals surface area contributed by atoms with Crippen LogP contribution in [0.5, 0.6) is 0 Å². The van der Waals surface area contributed by atoms with Crippen LogP contribution in [-0.4, -0.2) is 35.8 Å². The van der Waals surface area contributed by atoms with E-state index < -0.39 is 5.82 Å². The molecule has 1 N–H and O–H groups in total. The van der Waals surface area contributed by atoms with Crippen molar-refractivity contribution in [2.75, 3.05) is 13.1 Å². The van der Waals surface area contributed by atoms with Crippen molar-refractivity contribution in [3.05, 3.63) is 34.1 Å². The summed E-state index contributed by atoms with van der Waals surface area (Å²) in [6, 6.07) is 4.12. The van der Waals surface area contributed by atoms with Gasteiger partial charge in [-0.3, -0.25) is 9.59 Å². The van der Waals surface area contributed by atoms with Crippen molar-refractivity contribution in [3.8, 4) is 0 Å². The molecule has 1 fully saturated rings. The molecule has 1 aromatic carbocycles. The van der Waals surface area contributed by atoms with Crippen LogP contribution in [0.25, 0.3) is 0 Å². The Hall–Kier alpha value is -1.43. The van der Waals surface area contributed by atoms with Gasteiger partial charge in [0.1, 0.15) is 5.82 Å². The third-order valence-electron chi connectivity index (χ3n) is 4.50. The first-order valence-corrected chi connectivity index (χ1v) is 9.27. The van der Waals surface area contributed by atoms with Crippen LogP contribution in [0.2, 0.25) is 0 Å². The molecule has 0 spiro atoms. The summed E-state index contributed by atoms with van der Waals surface area (Å²) < 4.78 is 13.7. The van der Waals surface area contributed by atoms with Crippen molar-refractivity contribution in [3.63, 3.8) is 0 Å². The highest BCUT2D eigenvalue weighted by Crippen LogP contribution is 2.26. The second-order valence-electron chi connectivity index (χ2n) is 6.35. The summed E-state index contributed by atoms with van der Waals surface area (Å²) in [5, 5.41) is 2.95. The largest absolute Gasteiger partial charge is 0.356 e. The lowest BCUT2D eigenvalue weighted by Gasteiger charge is -2.37. The van der Waals surface area contributed by atoms with Crippen LogP contribution in [0.15, 0.2) is 22.7 Å². The Morgan fingerprint density at radius 2 is 2.12 bits per heavy atom. The molecule has 4 nitrogen and oxygen atoms in total. The second-order valence-corrected chi connectivity index (χ2v) is 7.20. The Kier molecular flexibility index (Phi) is 6.78. The fourth-order valence-electron chi connectivity index (χ4n) is 2.95. The first-order chi connectivity index (χ1) is 11.4.